The Labute approximate surface area is 318 Å². The molecule has 0 aliphatic heterocycles. The van der Waals surface area contributed by atoms with E-state index >= 15 is 0 Å². The summed E-state index contributed by atoms with van der Waals surface area (Å²) in [6.07, 6.45) is 47.4. The van der Waals surface area contributed by atoms with E-state index in [1.54, 1.807) is 6.08 Å². The number of nitrogens with one attached hydrogen (secondary N) is 1. The molecular weight excluding hydrogens is 671 g/mol. The van der Waals surface area contributed by atoms with E-state index in [-0.39, 0.29) is 19.1 Å². The number of amides is 1. The largest absolute Gasteiger partial charge is 0.472 e. The summed E-state index contributed by atoms with van der Waals surface area (Å²) in [6, 6.07) is -0.851. The van der Waals surface area contributed by atoms with E-state index in [1.165, 1.54) is 32.1 Å². The molecule has 0 radical (unpaired) electrons. The van der Waals surface area contributed by atoms with Crippen molar-refractivity contribution in [1.82, 2.24) is 5.32 Å². The number of carbonyl (C=O) groups is 1. The van der Waals surface area contributed by atoms with Gasteiger partial charge in [-0.05, 0) is 64.2 Å². The Hall–Kier alpha value is -2.32. The molecule has 0 aliphatic carbocycles. The van der Waals surface area contributed by atoms with Gasteiger partial charge >= 0.3 is 7.82 Å². The van der Waals surface area contributed by atoms with Gasteiger partial charge in [-0.15, -0.1) is 0 Å². The van der Waals surface area contributed by atoms with Crippen LogP contribution in [0.3, 0.4) is 0 Å². The van der Waals surface area contributed by atoms with Crippen LogP contribution in [0.1, 0.15) is 129 Å². The minimum absolute atomic E-state index is 0.0532. The minimum atomic E-state index is -4.32. The highest BCUT2D eigenvalue weighted by molar-refractivity contribution is 7.47. The van der Waals surface area contributed by atoms with Crippen molar-refractivity contribution in [3.8, 4) is 0 Å². The number of allylic oxidation sites excluding steroid dienone is 13. The van der Waals surface area contributed by atoms with Gasteiger partial charge in [0.2, 0.25) is 5.91 Å². The lowest BCUT2D eigenvalue weighted by molar-refractivity contribution is -0.870. The maximum Gasteiger partial charge on any atom is 0.472 e. The highest BCUT2D eigenvalue weighted by atomic mass is 31.2. The number of carbonyl (C=O) groups excluding carboxylic acids is 1. The zero-order valence-electron chi connectivity index (χ0n) is 33.5. The number of nitrogens with zero attached hydrogens (tertiary/aromatic N) is 1. The van der Waals surface area contributed by atoms with Crippen molar-refractivity contribution in [3.63, 3.8) is 0 Å². The number of hydrogen-bond donors (Lipinski definition) is 3. The SMILES string of the molecule is CC/C=C\C/C=C\C/C=C\C/C=C\C/C=C\C/C=C\CCCCCCCCCCC(=O)NC(COP(=O)(O)OCC[N+](C)(C)C)C(O)/C=C/CCC. The molecule has 9 heteroatoms. The number of aliphatic hydroxyl groups excluding tert-OH is 1. The van der Waals surface area contributed by atoms with Crippen molar-refractivity contribution in [2.45, 2.75) is 142 Å². The number of quaternary nitrogens is 1. The van der Waals surface area contributed by atoms with Gasteiger partial charge in [0.15, 0.2) is 0 Å². The standard InChI is InChI=1S/C43H75N2O6P/c1-6-8-10-11-12-13-14-15-16-17-18-19-20-21-22-23-24-25-26-27-28-29-30-31-32-33-35-37-43(47)44-41(42(46)36-34-9-7-2)40-51-52(48,49)50-39-38-45(3,4)5/h8,10,12-13,15-16,18-19,21-22,24-25,34,36,41-42,46H,6-7,9,11,14,17,20,23,26-33,35,37-40H2,1-5H3,(H-,44,47,48,49)/p+1/b10-8-,13-12-,16-15-,19-18-,22-21-,25-24-,36-34+. The molecule has 52 heavy (non-hydrogen) atoms. The smallest absolute Gasteiger partial charge is 0.387 e. The van der Waals surface area contributed by atoms with Crippen molar-refractivity contribution in [2.24, 2.45) is 0 Å². The third kappa shape index (κ3) is 36.1. The van der Waals surface area contributed by atoms with Crippen LogP contribution >= 0.6 is 7.82 Å². The summed E-state index contributed by atoms with van der Waals surface area (Å²) in [4.78, 5) is 22.7. The predicted molar refractivity (Wildman–Crippen MR) is 221 cm³/mol. The van der Waals surface area contributed by atoms with Crippen LogP contribution in [0.25, 0.3) is 0 Å². The normalized spacial score (nSPS) is 15.4. The molecule has 0 aromatic rings. The van der Waals surface area contributed by atoms with E-state index in [9.17, 15) is 19.4 Å². The molecule has 3 N–H and O–H groups in total. The quantitative estimate of drug-likeness (QED) is 0.0262. The van der Waals surface area contributed by atoms with Crippen LogP contribution in [0.4, 0.5) is 0 Å². The lowest BCUT2D eigenvalue weighted by Gasteiger charge is -2.25. The molecule has 3 atom stereocenters. The van der Waals surface area contributed by atoms with Crippen LogP contribution in [0.2, 0.25) is 0 Å². The van der Waals surface area contributed by atoms with E-state index in [4.69, 9.17) is 9.05 Å². The van der Waals surface area contributed by atoms with Gasteiger partial charge in [-0.1, -0.05) is 144 Å². The first-order chi connectivity index (χ1) is 25.0. The fraction of sp³-hybridized carbons (Fsp3) is 0.651. The zero-order chi connectivity index (χ0) is 38.6. The van der Waals surface area contributed by atoms with Crippen LogP contribution in [-0.4, -0.2) is 73.4 Å². The summed E-state index contributed by atoms with van der Waals surface area (Å²) in [5, 5.41) is 13.4. The molecule has 3 unspecified atom stereocenters. The molecular formula is C43H76N2O6P+. The lowest BCUT2D eigenvalue weighted by Crippen LogP contribution is -2.45. The molecule has 0 aliphatic rings. The Balaban J connectivity index is 4.02. The van der Waals surface area contributed by atoms with Gasteiger partial charge < -0.3 is 19.8 Å². The van der Waals surface area contributed by atoms with Gasteiger partial charge in [0.05, 0.1) is 39.9 Å². The Kier molecular flexibility index (Phi) is 32.9. The van der Waals surface area contributed by atoms with Crippen LogP contribution in [0.5, 0.6) is 0 Å². The van der Waals surface area contributed by atoms with Gasteiger partial charge in [-0.3, -0.25) is 13.8 Å². The molecule has 0 fully saturated rings. The Morgan fingerprint density at radius 2 is 1.15 bits per heavy atom. The van der Waals surface area contributed by atoms with Gasteiger partial charge in [-0.2, -0.15) is 0 Å². The van der Waals surface area contributed by atoms with Crippen molar-refractivity contribution in [3.05, 3.63) is 85.1 Å². The molecule has 0 saturated carbocycles. The minimum Gasteiger partial charge on any atom is -0.387 e. The van der Waals surface area contributed by atoms with Crippen molar-refractivity contribution in [2.75, 3.05) is 40.9 Å². The first-order valence-corrected chi connectivity index (χ1v) is 21.5. The number of rotatable bonds is 34. The number of hydrogen-bond acceptors (Lipinski definition) is 5. The lowest BCUT2D eigenvalue weighted by atomic mass is 10.1. The monoisotopic (exact) mass is 748 g/mol. The molecule has 1 amide bonds. The van der Waals surface area contributed by atoms with E-state index in [2.05, 4.69) is 85.2 Å². The topological polar surface area (TPSA) is 105 Å². The third-order valence-corrected chi connectivity index (χ3v) is 9.09. The van der Waals surface area contributed by atoms with Crippen LogP contribution in [0, 0.1) is 0 Å². The molecule has 0 saturated heterocycles. The summed E-state index contributed by atoms with van der Waals surface area (Å²) < 4.78 is 23.2. The molecule has 298 valence electrons. The average molecular weight is 748 g/mol. The van der Waals surface area contributed by atoms with Crippen molar-refractivity contribution >= 4 is 13.7 Å². The molecule has 0 aromatic carbocycles. The first kappa shape index (κ1) is 49.7. The van der Waals surface area contributed by atoms with Gasteiger partial charge in [0, 0.05) is 6.42 Å². The molecule has 0 heterocycles. The summed E-state index contributed by atoms with van der Waals surface area (Å²) in [6.45, 7) is 4.44. The van der Waals surface area contributed by atoms with Gasteiger partial charge in [0.1, 0.15) is 13.2 Å². The maximum atomic E-state index is 12.7. The fourth-order valence-electron chi connectivity index (χ4n) is 4.93. The molecule has 0 spiro atoms. The molecule has 0 aromatic heterocycles. The van der Waals surface area contributed by atoms with E-state index in [0.29, 0.717) is 17.4 Å². The molecule has 0 rings (SSSR count). The fourth-order valence-corrected chi connectivity index (χ4v) is 5.67. The number of aliphatic hydroxyl groups is 1. The average Bonchev–Trinajstić information content (AvgIpc) is 3.09. The molecule has 8 nitrogen and oxygen atoms in total. The highest BCUT2D eigenvalue weighted by Crippen LogP contribution is 2.43. The van der Waals surface area contributed by atoms with Crippen molar-refractivity contribution in [1.29, 1.82) is 0 Å². The summed E-state index contributed by atoms with van der Waals surface area (Å²) in [5.41, 5.74) is 0. The van der Waals surface area contributed by atoms with Gasteiger partial charge in [0.25, 0.3) is 0 Å². The summed E-state index contributed by atoms with van der Waals surface area (Å²) >= 11 is 0. The second kappa shape index (κ2) is 34.4. The predicted octanol–water partition coefficient (Wildman–Crippen LogP) is 10.6. The van der Waals surface area contributed by atoms with Gasteiger partial charge in [-0.25, -0.2) is 4.57 Å². The van der Waals surface area contributed by atoms with Crippen LogP contribution in [0.15, 0.2) is 85.1 Å². The number of phosphoric acid groups is 1. The third-order valence-electron chi connectivity index (χ3n) is 8.10. The first-order valence-electron chi connectivity index (χ1n) is 20.0. The van der Waals surface area contributed by atoms with Crippen LogP contribution < -0.4 is 5.32 Å². The van der Waals surface area contributed by atoms with Crippen molar-refractivity contribution < 1.29 is 32.9 Å². The van der Waals surface area contributed by atoms with E-state index in [1.807, 2.05) is 34.1 Å². The second-order valence-corrected chi connectivity index (χ2v) is 15.7. The van der Waals surface area contributed by atoms with E-state index in [0.717, 1.165) is 77.0 Å². The number of likely N-dealkylation sites (N-methyl/N-ethyl adjacent to an activating group) is 1. The molecule has 0 bridgehead atoms. The Bertz CT molecular complexity index is 1120. The number of phosphoric ester groups is 1. The Morgan fingerprint density at radius 1 is 0.673 bits per heavy atom. The highest BCUT2D eigenvalue weighted by Gasteiger charge is 2.27. The maximum absolute atomic E-state index is 12.7. The van der Waals surface area contributed by atoms with Crippen LogP contribution in [-0.2, 0) is 18.4 Å². The summed E-state index contributed by atoms with van der Waals surface area (Å²) in [5.74, 6) is -0.204. The summed E-state index contributed by atoms with van der Waals surface area (Å²) in [7, 11) is 1.54. The zero-order valence-corrected chi connectivity index (χ0v) is 34.4. The van der Waals surface area contributed by atoms with E-state index < -0.39 is 20.0 Å². The number of unbranched alkanes of at least 4 members (excludes halogenated alkanes) is 9. The second-order valence-electron chi connectivity index (χ2n) is 14.3. The Morgan fingerprint density at radius 3 is 1.65 bits per heavy atom.